The number of ether oxygens (including phenoxy) is 3. The molecule has 15 heavy (non-hydrogen) atoms. The van der Waals surface area contributed by atoms with Crippen molar-refractivity contribution in [2.45, 2.75) is 31.3 Å². The van der Waals surface area contributed by atoms with Crippen molar-refractivity contribution in [1.29, 1.82) is 0 Å². The summed E-state index contributed by atoms with van der Waals surface area (Å²) < 4.78 is 16.0. The minimum atomic E-state index is -0.434. The fourth-order valence-electron chi connectivity index (χ4n) is 1.92. The van der Waals surface area contributed by atoms with Crippen LogP contribution in [0.25, 0.3) is 0 Å². The van der Waals surface area contributed by atoms with Gasteiger partial charge in [-0.05, 0) is 6.92 Å². The highest BCUT2D eigenvalue weighted by Crippen LogP contribution is 2.27. The monoisotopic (exact) mass is 216 g/mol. The van der Waals surface area contributed by atoms with Crippen molar-refractivity contribution >= 4 is 6.09 Å². The molecular weight excluding hydrogens is 200 g/mol. The maximum atomic E-state index is 11.2. The molecule has 0 aromatic carbocycles. The smallest absolute Gasteiger partial charge is 0.407 e. The van der Waals surface area contributed by atoms with E-state index < -0.39 is 6.09 Å². The van der Waals surface area contributed by atoms with Gasteiger partial charge in [0.1, 0.15) is 12.2 Å². The van der Waals surface area contributed by atoms with Crippen LogP contribution in [0.15, 0.2) is 0 Å². The Morgan fingerprint density at radius 1 is 1.47 bits per heavy atom. The summed E-state index contributed by atoms with van der Waals surface area (Å²) >= 11 is 0. The molecule has 2 fully saturated rings. The second kappa shape index (κ2) is 4.34. The van der Waals surface area contributed by atoms with E-state index in [9.17, 15) is 4.79 Å². The van der Waals surface area contributed by atoms with Crippen LogP contribution in [0.1, 0.15) is 6.92 Å². The lowest BCUT2D eigenvalue weighted by Crippen LogP contribution is -2.39. The molecule has 0 saturated carbocycles. The zero-order chi connectivity index (χ0) is 10.8. The molecule has 1 amide bonds. The lowest BCUT2D eigenvalue weighted by atomic mass is 10.1. The molecule has 0 radical (unpaired) electrons. The molecule has 2 heterocycles. The number of nitrogens with one attached hydrogen (secondary N) is 1. The van der Waals surface area contributed by atoms with Crippen molar-refractivity contribution in [3.63, 3.8) is 0 Å². The third-order valence-corrected chi connectivity index (χ3v) is 2.63. The highest BCUT2D eigenvalue weighted by Gasteiger charge is 2.48. The molecule has 86 valence electrons. The first kappa shape index (κ1) is 10.7. The molecule has 0 aliphatic carbocycles. The molecule has 4 unspecified atom stereocenters. The fourth-order valence-corrected chi connectivity index (χ4v) is 1.92. The van der Waals surface area contributed by atoms with Crippen LogP contribution in [0.4, 0.5) is 4.79 Å². The minimum absolute atomic E-state index is 0.113. The van der Waals surface area contributed by atoms with Crippen LogP contribution in [-0.2, 0) is 14.2 Å². The van der Waals surface area contributed by atoms with Crippen molar-refractivity contribution in [3.8, 4) is 0 Å². The molecule has 0 aromatic rings. The summed E-state index contributed by atoms with van der Waals surface area (Å²) in [6.45, 7) is 3.20. The lowest BCUT2D eigenvalue weighted by Gasteiger charge is -2.16. The van der Waals surface area contributed by atoms with Crippen molar-refractivity contribution in [3.05, 3.63) is 0 Å². The van der Waals surface area contributed by atoms with E-state index in [1.54, 1.807) is 0 Å². The number of amides is 1. The van der Waals surface area contributed by atoms with Crippen LogP contribution in [-0.4, -0.2) is 50.2 Å². The van der Waals surface area contributed by atoms with Gasteiger partial charge in [-0.1, -0.05) is 0 Å². The molecule has 6 nitrogen and oxygen atoms in total. The van der Waals surface area contributed by atoms with E-state index in [2.05, 4.69) is 5.32 Å². The number of nitrogens with two attached hydrogens (primary N) is 1. The van der Waals surface area contributed by atoms with Crippen molar-refractivity contribution < 1.29 is 19.0 Å². The lowest BCUT2D eigenvalue weighted by molar-refractivity contribution is 0.00444. The molecule has 2 aliphatic heterocycles. The van der Waals surface area contributed by atoms with Gasteiger partial charge in [-0.25, -0.2) is 4.79 Å². The van der Waals surface area contributed by atoms with Crippen molar-refractivity contribution in [2.24, 2.45) is 5.73 Å². The van der Waals surface area contributed by atoms with E-state index >= 15 is 0 Å². The molecule has 6 heteroatoms. The molecule has 2 rings (SSSR count). The Hall–Kier alpha value is -0.850. The zero-order valence-electron chi connectivity index (χ0n) is 8.64. The topological polar surface area (TPSA) is 82.8 Å². The van der Waals surface area contributed by atoms with E-state index in [-0.39, 0.29) is 24.4 Å². The highest BCUT2D eigenvalue weighted by molar-refractivity contribution is 5.67. The fraction of sp³-hybridized carbons (Fsp3) is 0.889. The Balaban J connectivity index is 1.87. The predicted octanol–water partition coefficient (Wildman–Crippen LogP) is -0.774. The van der Waals surface area contributed by atoms with Crippen LogP contribution in [0.3, 0.4) is 0 Å². The van der Waals surface area contributed by atoms with Crippen LogP contribution >= 0.6 is 0 Å². The van der Waals surface area contributed by atoms with Gasteiger partial charge in [-0.15, -0.1) is 0 Å². The molecule has 2 aliphatic rings. The minimum Gasteiger partial charge on any atom is -0.441 e. The normalized spacial score (nSPS) is 38.8. The van der Waals surface area contributed by atoms with Gasteiger partial charge < -0.3 is 25.3 Å². The number of hydrogen-bond acceptors (Lipinski definition) is 5. The quantitative estimate of drug-likeness (QED) is 0.633. The summed E-state index contributed by atoms with van der Waals surface area (Å²) in [7, 11) is 0. The summed E-state index contributed by atoms with van der Waals surface area (Å²) in [5.74, 6) is 0. The van der Waals surface area contributed by atoms with E-state index in [4.69, 9.17) is 19.9 Å². The van der Waals surface area contributed by atoms with E-state index in [1.165, 1.54) is 0 Å². The van der Waals surface area contributed by atoms with Gasteiger partial charge in [0, 0.05) is 6.54 Å². The number of carbonyl (C=O) groups is 1. The summed E-state index contributed by atoms with van der Waals surface area (Å²) in [6, 6.07) is -0.113. The van der Waals surface area contributed by atoms with Crippen molar-refractivity contribution in [2.75, 3.05) is 19.8 Å². The zero-order valence-corrected chi connectivity index (χ0v) is 8.64. The molecule has 0 aromatic heterocycles. The molecule has 2 saturated heterocycles. The Morgan fingerprint density at radius 3 is 2.93 bits per heavy atom. The van der Waals surface area contributed by atoms with Gasteiger partial charge in [0.05, 0.1) is 19.3 Å². The maximum absolute atomic E-state index is 11.2. The molecule has 0 spiro atoms. The van der Waals surface area contributed by atoms with Gasteiger partial charge in [0.25, 0.3) is 0 Å². The van der Waals surface area contributed by atoms with Gasteiger partial charge in [0.15, 0.2) is 6.10 Å². The van der Waals surface area contributed by atoms with Crippen molar-refractivity contribution in [1.82, 2.24) is 5.32 Å². The summed E-state index contributed by atoms with van der Waals surface area (Å²) in [5, 5.41) is 2.56. The van der Waals surface area contributed by atoms with Crippen LogP contribution < -0.4 is 11.1 Å². The second-order valence-electron chi connectivity index (χ2n) is 3.73. The third-order valence-electron chi connectivity index (χ3n) is 2.63. The van der Waals surface area contributed by atoms with Crippen LogP contribution in [0.5, 0.6) is 0 Å². The average Bonchev–Trinajstić information content (AvgIpc) is 2.72. The number of alkyl carbamates (subject to hydrolysis) is 1. The highest BCUT2D eigenvalue weighted by atomic mass is 16.6. The van der Waals surface area contributed by atoms with Gasteiger partial charge >= 0.3 is 6.09 Å². The Kier molecular flexibility index (Phi) is 3.08. The summed E-state index contributed by atoms with van der Waals surface area (Å²) in [4.78, 5) is 11.2. The van der Waals surface area contributed by atoms with Gasteiger partial charge in [0.2, 0.25) is 0 Å². The molecule has 4 atom stereocenters. The Labute approximate surface area is 88.0 Å². The standard InChI is InChI=1S/C9H16N2O4/c1-2-11-9(12)15-6-4-14-7-5(10)3-13-8(6)7/h5-8H,2-4,10H2,1H3,(H,11,12). The maximum Gasteiger partial charge on any atom is 0.407 e. The average molecular weight is 216 g/mol. The molecule has 0 bridgehead atoms. The summed E-state index contributed by atoms with van der Waals surface area (Å²) in [6.07, 6.45) is -1.11. The SMILES string of the molecule is CCNC(=O)OC1COC2C(N)COC12. The number of fused-ring (bicyclic) bond motifs is 1. The summed E-state index contributed by atoms with van der Waals surface area (Å²) in [5.41, 5.74) is 5.77. The Morgan fingerprint density at radius 2 is 2.20 bits per heavy atom. The van der Waals surface area contributed by atoms with Gasteiger partial charge in [-0.3, -0.25) is 0 Å². The van der Waals surface area contributed by atoms with Crippen LogP contribution in [0.2, 0.25) is 0 Å². The first-order valence-electron chi connectivity index (χ1n) is 5.15. The van der Waals surface area contributed by atoms with E-state index in [1.807, 2.05) is 6.92 Å². The van der Waals surface area contributed by atoms with E-state index in [0.29, 0.717) is 19.8 Å². The first-order chi connectivity index (χ1) is 7.22. The molecule has 3 N–H and O–H groups in total. The number of hydrogen-bond donors (Lipinski definition) is 2. The number of carbonyl (C=O) groups excluding carboxylic acids is 1. The van der Waals surface area contributed by atoms with Gasteiger partial charge in [-0.2, -0.15) is 0 Å². The van der Waals surface area contributed by atoms with Crippen LogP contribution in [0, 0.1) is 0 Å². The third kappa shape index (κ3) is 2.06. The molecular formula is C9H16N2O4. The first-order valence-corrected chi connectivity index (χ1v) is 5.15. The number of rotatable bonds is 2. The largest absolute Gasteiger partial charge is 0.441 e. The predicted molar refractivity (Wildman–Crippen MR) is 51.4 cm³/mol. The Bertz CT molecular complexity index is 248. The van der Waals surface area contributed by atoms with E-state index in [0.717, 1.165) is 0 Å². The second-order valence-corrected chi connectivity index (χ2v) is 3.73.